The molecule has 3 nitrogen and oxygen atoms in total. The summed E-state index contributed by atoms with van der Waals surface area (Å²) >= 11 is 14.2. The van der Waals surface area contributed by atoms with Crippen molar-refractivity contribution < 1.29 is 9.21 Å². The predicted molar refractivity (Wildman–Crippen MR) is 127 cm³/mol. The zero-order chi connectivity index (χ0) is 20.4. The van der Waals surface area contributed by atoms with Gasteiger partial charge < -0.3 is 4.42 Å². The molecule has 0 N–H and O–H groups in total. The number of hydrogen-bond donors (Lipinski definition) is 0. The molecule has 29 heavy (non-hydrogen) atoms. The highest BCUT2D eigenvalue weighted by Crippen LogP contribution is 2.37. The second-order valence-electron chi connectivity index (χ2n) is 6.43. The molecule has 1 aliphatic rings. The Morgan fingerprint density at radius 2 is 1.97 bits per heavy atom. The number of benzene rings is 2. The van der Waals surface area contributed by atoms with Crippen molar-refractivity contribution in [3.63, 3.8) is 0 Å². The normalized spacial score (nSPS) is 15.5. The van der Waals surface area contributed by atoms with Crippen LogP contribution in [0.25, 0.3) is 6.08 Å². The number of nitrogens with zero attached hydrogens (tertiary/aromatic N) is 1. The minimum atomic E-state index is -0.127. The molecule has 3 aromatic rings. The maximum absolute atomic E-state index is 12.9. The highest BCUT2D eigenvalue weighted by atomic mass is 35.5. The second kappa shape index (κ2) is 8.79. The van der Waals surface area contributed by atoms with Gasteiger partial charge in [0, 0.05) is 16.9 Å². The number of carbonyl (C=O) groups is 1. The van der Waals surface area contributed by atoms with Gasteiger partial charge >= 0.3 is 0 Å². The molecule has 2 heterocycles. The van der Waals surface area contributed by atoms with Crippen LogP contribution in [0, 0.1) is 6.92 Å². The van der Waals surface area contributed by atoms with Crippen LogP contribution in [0.1, 0.15) is 16.9 Å². The van der Waals surface area contributed by atoms with E-state index in [1.165, 1.54) is 11.8 Å². The fourth-order valence-electron chi connectivity index (χ4n) is 2.81. The highest BCUT2D eigenvalue weighted by molar-refractivity contribution is 8.27. The molecule has 1 aromatic heterocycles. The molecule has 7 heteroatoms. The molecule has 146 valence electrons. The Balaban J connectivity index is 1.46. The van der Waals surface area contributed by atoms with Gasteiger partial charge in [-0.15, -0.1) is 0 Å². The zero-order valence-electron chi connectivity index (χ0n) is 15.4. The molecule has 2 aromatic carbocycles. The number of thioether (sulfide) groups is 2. The number of thiocarbonyl (C=S) groups is 1. The van der Waals surface area contributed by atoms with E-state index in [-0.39, 0.29) is 5.91 Å². The van der Waals surface area contributed by atoms with Crippen LogP contribution >= 0.6 is 47.3 Å². The zero-order valence-corrected chi connectivity index (χ0v) is 18.6. The second-order valence-corrected chi connectivity index (χ2v) is 9.52. The number of carbonyl (C=O) groups excluding carboxylic acids is 1. The van der Waals surface area contributed by atoms with E-state index < -0.39 is 0 Å². The van der Waals surface area contributed by atoms with Crippen molar-refractivity contribution in [2.24, 2.45) is 0 Å². The number of amides is 1. The van der Waals surface area contributed by atoms with Crippen molar-refractivity contribution in [2.75, 3.05) is 4.90 Å². The van der Waals surface area contributed by atoms with Gasteiger partial charge in [-0.25, -0.2) is 0 Å². The largest absolute Gasteiger partial charge is 0.450 e. The van der Waals surface area contributed by atoms with E-state index in [9.17, 15) is 4.79 Å². The minimum Gasteiger partial charge on any atom is -0.450 e. The van der Waals surface area contributed by atoms with E-state index in [1.807, 2.05) is 67.6 Å². The first-order chi connectivity index (χ1) is 14.0. The molecule has 1 saturated heterocycles. The summed E-state index contributed by atoms with van der Waals surface area (Å²) in [5, 5.41) is 1.52. The first-order valence-corrected chi connectivity index (χ1v) is 11.4. The smallest absolute Gasteiger partial charge is 0.270 e. The monoisotopic (exact) mass is 457 g/mol. The lowest BCUT2D eigenvalue weighted by Gasteiger charge is -2.14. The first kappa shape index (κ1) is 20.3. The average molecular weight is 458 g/mol. The molecule has 4 rings (SSSR count). The summed E-state index contributed by atoms with van der Waals surface area (Å²) in [7, 11) is 0. The van der Waals surface area contributed by atoms with Crippen molar-refractivity contribution >= 4 is 69.3 Å². The quantitative estimate of drug-likeness (QED) is 0.235. The minimum absolute atomic E-state index is 0.127. The lowest BCUT2D eigenvalue weighted by molar-refractivity contribution is -0.113. The van der Waals surface area contributed by atoms with Crippen LogP contribution in [0.5, 0.6) is 0 Å². The molecule has 0 radical (unpaired) electrons. The fourth-order valence-corrected chi connectivity index (χ4v) is 5.04. The summed E-state index contributed by atoms with van der Waals surface area (Å²) in [5.74, 6) is 1.28. The van der Waals surface area contributed by atoms with Crippen molar-refractivity contribution in [3.8, 4) is 0 Å². The number of halogens is 1. The van der Waals surface area contributed by atoms with Crippen LogP contribution in [0.15, 0.2) is 75.1 Å². The van der Waals surface area contributed by atoms with Gasteiger partial charge in [-0.2, -0.15) is 0 Å². The molecule has 1 fully saturated rings. The van der Waals surface area contributed by atoms with Gasteiger partial charge in [0.25, 0.3) is 5.91 Å². The summed E-state index contributed by atoms with van der Waals surface area (Å²) in [6, 6.07) is 19.3. The van der Waals surface area contributed by atoms with Crippen LogP contribution in [-0.4, -0.2) is 10.2 Å². The van der Waals surface area contributed by atoms with E-state index in [2.05, 4.69) is 0 Å². The molecular formula is C22H16ClNO2S3. The van der Waals surface area contributed by atoms with E-state index in [0.717, 1.165) is 32.7 Å². The van der Waals surface area contributed by atoms with Crippen LogP contribution in [0.3, 0.4) is 0 Å². The number of anilines is 1. The SMILES string of the molecule is Cc1cccc(N2C(=O)/C(=C/c3ccc(SCc4ccc(Cl)cc4)o3)SC2=S)c1. The van der Waals surface area contributed by atoms with Crippen molar-refractivity contribution in [1.29, 1.82) is 0 Å². The lowest BCUT2D eigenvalue weighted by Crippen LogP contribution is -2.27. The maximum Gasteiger partial charge on any atom is 0.270 e. The molecule has 0 bridgehead atoms. The van der Waals surface area contributed by atoms with Gasteiger partial charge in [0.05, 0.1) is 10.6 Å². The Labute approximate surface area is 188 Å². The molecule has 0 aliphatic carbocycles. The number of hydrogen-bond acceptors (Lipinski definition) is 5. The molecule has 0 unspecified atom stereocenters. The standard InChI is InChI=1S/C22H16ClNO2S3/c1-14-3-2-4-17(11-14)24-21(25)19(29-22(24)27)12-18-9-10-20(26-18)28-13-15-5-7-16(23)8-6-15/h2-12H,13H2,1H3/b19-12-. The molecule has 1 aliphatic heterocycles. The Morgan fingerprint density at radius 1 is 1.17 bits per heavy atom. The number of aryl methyl sites for hydroxylation is 1. The van der Waals surface area contributed by atoms with Crippen molar-refractivity contribution in [3.05, 3.63) is 87.5 Å². The maximum atomic E-state index is 12.9. The summed E-state index contributed by atoms with van der Waals surface area (Å²) in [5.41, 5.74) is 3.03. The number of furan rings is 1. The van der Waals surface area contributed by atoms with Crippen LogP contribution in [0.4, 0.5) is 5.69 Å². The van der Waals surface area contributed by atoms with Crippen molar-refractivity contribution in [2.45, 2.75) is 17.8 Å². The summed E-state index contributed by atoms with van der Waals surface area (Å²) < 4.78 is 6.39. The van der Waals surface area contributed by atoms with Gasteiger partial charge in [0.2, 0.25) is 0 Å². The Bertz CT molecular complexity index is 1110. The third-order valence-electron chi connectivity index (χ3n) is 4.22. The Kier molecular flexibility index (Phi) is 6.15. The van der Waals surface area contributed by atoms with Crippen LogP contribution in [-0.2, 0) is 10.5 Å². The van der Waals surface area contributed by atoms with Gasteiger partial charge in [-0.3, -0.25) is 9.69 Å². The predicted octanol–water partition coefficient (Wildman–Crippen LogP) is 6.94. The molecule has 0 atom stereocenters. The van der Waals surface area contributed by atoms with E-state index >= 15 is 0 Å². The molecular weight excluding hydrogens is 442 g/mol. The lowest BCUT2D eigenvalue weighted by atomic mass is 10.2. The summed E-state index contributed by atoms with van der Waals surface area (Å²) in [6.07, 6.45) is 1.75. The molecule has 0 spiro atoms. The third kappa shape index (κ3) is 4.78. The summed E-state index contributed by atoms with van der Waals surface area (Å²) in [6.45, 7) is 1.99. The van der Waals surface area contributed by atoms with E-state index in [0.29, 0.717) is 15.0 Å². The number of rotatable bonds is 5. The topological polar surface area (TPSA) is 33.5 Å². The van der Waals surface area contributed by atoms with Crippen LogP contribution in [0.2, 0.25) is 5.02 Å². The van der Waals surface area contributed by atoms with E-state index in [4.69, 9.17) is 28.2 Å². The first-order valence-electron chi connectivity index (χ1n) is 8.81. The summed E-state index contributed by atoms with van der Waals surface area (Å²) in [4.78, 5) is 15.0. The average Bonchev–Trinajstić information content (AvgIpc) is 3.25. The fraction of sp³-hybridized carbons (Fsp3) is 0.0909. The molecule has 1 amide bonds. The van der Waals surface area contributed by atoms with Gasteiger partial charge in [0.15, 0.2) is 9.41 Å². The Morgan fingerprint density at radius 3 is 2.72 bits per heavy atom. The van der Waals surface area contributed by atoms with Crippen LogP contribution < -0.4 is 4.90 Å². The molecule has 0 saturated carbocycles. The van der Waals surface area contributed by atoms with Gasteiger partial charge in [-0.05, 0) is 54.4 Å². The van der Waals surface area contributed by atoms with Gasteiger partial charge in [-0.1, -0.05) is 71.6 Å². The highest BCUT2D eigenvalue weighted by Gasteiger charge is 2.33. The van der Waals surface area contributed by atoms with E-state index in [1.54, 1.807) is 22.7 Å². The van der Waals surface area contributed by atoms with Crippen molar-refractivity contribution in [1.82, 2.24) is 0 Å². The van der Waals surface area contributed by atoms with Gasteiger partial charge in [0.1, 0.15) is 5.76 Å². The third-order valence-corrected chi connectivity index (χ3v) is 6.76. The Hall–Kier alpha value is -1.99.